The molecule has 2 N–H and O–H groups in total. The van der Waals surface area contributed by atoms with Gasteiger partial charge in [-0.1, -0.05) is 18.2 Å². The number of aryl methyl sites for hydroxylation is 1. The lowest BCUT2D eigenvalue weighted by molar-refractivity contribution is 0.0602. The van der Waals surface area contributed by atoms with Gasteiger partial charge in [0.2, 0.25) is 5.88 Å². The van der Waals surface area contributed by atoms with Gasteiger partial charge in [-0.05, 0) is 56.2 Å². The molecular formula is C25H29N3O4. The predicted octanol–water partition coefficient (Wildman–Crippen LogP) is 3.70. The van der Waals surface area contributed by atoms with E-state index in [1.54, 1.807) is 0 Å². The van der Waals surface area contributed by atoms with Crippen LogP contribution < -0.4 is 9.47 Å². The maximum atomic E-state index is 13.1. The van der Waals surface area contributed by atoms with E-state index in [0.29, 0.717) is 37.1 Å². The van der Waals surface area contributed by atoms with Crippen molar-refractivity contribution >= 4 is 5.91 Å². The number of aliphatic hydroxyl groups excluding tert-OH is 1. The lowest BCUT2D eigenvalue weighted by Gasteiger charge is -2.39. The molecule has 2 aromatic carbocycles. The van der Waals surface area contributed by atoms with Crippen molar-refractivity contribution in [2.75, 3.05) is 32.9 Å². The average molecular weight is 436 g/mol. The molecule has 1 aromatic heterocycles. The Kier molecular flexibility index (Phi) is 6.46. The first kappa shape index (κ1) is 21.9. The van der Waals surface area contributed by atoms with Crippen LogP contribution in [0, 0.1) is 13.8 Å². The summed E-state index contributed by atoms with van der Waals surface area (Å²) in [6.45, 7) is 8.07. The largest absolute Gasteiger partial charge is 0.494 e. The fourth-order valence-corrected chi connectivity index (χ4v) is 3.99. The summed E-state index contributed by atoms with van der Waals surface area (Å²) in [4.78, 5) is 15.0. The minimum Gasteiger partial charge on any atom is -0.494 e. The lowest BCUT2D eigenvalue weighted by atomic mass is 9.90. The van der Waals surface area contributed by atoms with Crippen molar-refractivity contribution in [3.05, 3.63) is 64.7 Å². The van der Waals surface area contributed by atoms with Crippen LogP contribution in [-0.4, -0.2) is 59.0 Å². The molecule has 168 valence electrons. The Hall–Kier alpha value is -3.32. The fraction of sp³-hybridized carbons (Fsp3) is 0.360. The second-order valence-corrected chi connectivity index (χ2v) is 8.04. The van der Waals surface area contributed by atoms with Crippen molar-refractivity contribution in [2.24, 2.45) is 0 Å². The highest BCUT2D eigenvalue weighted by Crippen LogP contribution is 2.33. The van der Waals surface area contributed by atoms with E-state index < -0.39 is 0 Å². The van der Waals surface area contributed by atoms with Gasteiger partial charge < -0.3 is 19.5 Å². The summed E-state index contributed by atoms with van der Waals surface area (Å²) in [5.41, 5.74) is 5.51. The number of benzene rings is 2. The molecule has 0 bridgehead atoms. The van der Waals surface area contributed by atoms with E-state index in [1.807, 2.05) is 56.0 Å². The van der Waals surface area contributed by atoms with E-state index in [4.69, 9.17) is 14.6 Å². The zero-order valence-corrected chi connectivity index (χ0v) is 18.7. The fourth-order valence-electron chi connectivity index (χ4n) is 3.99. The highest BCUT2D eigenvalue weighted by Gasteiger charge is 2.32. The summed E-state index contributed by atoms with van der Waals surface area (Å²) in [6.07, 6.45) is 0. The first-order valence-corrected chi connectivity index (χ1v) is 10.9. The summed E-state index contributed by atoms with van der Waals surface area (Å²) < 4.78 is 11.0. The average Bonchev–Trinajstić information content (AvgIpc) is 3.13. The number of aliphatic hydroxyl groups is 1. The summed E-state index contributed by atoms with van der Waals surface area (Å²) in [7, 11) is 0. The van der Waals surface area contributed by atoms with E-state index in [9.17, 15) is 4.79 Å². The van der Waals surface area contributed by atoms with Crippen LogP contribution in [0.3, 0.4) is 0 Å². The Morgan fingerprint density at radius 1 is 1.16 bits per heavy atom. The summed E-state index contributed by atoms with van der Waals surface area (Å²) >= 11 is 0. The molecule has 0 aliphatic carbocycles. The Bertz CT molecular complexity index is 1090. The van der Waals surface area contributed by atoms with Crippen LogP contribution in [0.15, 0.2) is 42.5 Å². The molecule has 0 radical (unpaired) electrons. The van der Waals surface area contributed by atoms with E-state index in [-0.39, 0.29) is 19.1 Å². The number of amides is 1. The third-order valence-corrected chi connectivity index (χ3v) is 5.88. The van der Waals surface area contributed by atoms with Crippen LogP contribution in [0.25, 0.3) is 11.3 Å². The number of aromatic amines is 1. The lowest BCUT2D eigenvalue weighted by Crippen LogP contribution is -2.48. The molecule has 3 aromatic rings. The standard InChI is InChI=1S/C25H29N3O4/c1-4-31-21-9-7-18(8-10-21)20-14-28(15-20)25(30)19-6-5-16(2)22(13-19)23-17(3)24(27-26-23)32-12-11-29/h5-10,13,20,29H,4,11-12,14-15H2,1-3H3,(H,26,27). The van der Waals surface area contributed by atoms with Crippen LogP contribution in [0.1, 0.15) is 39.9 Å². The Morgan fingerprint density at radius 3 is 2.59 bits per heavy atom. The summed E-state index contributed by atoms with van der Waals surface area (Å²) in [5, 5.41) is 16.2. The number of nitrogens with one attached hydrogen (secondary N) is 1. The number of H-pyrrole nitrogens is 1. The molecule has 1 fully saturated rings. The number of ether oxygens (including phenoxy) is 2. The first-order valence-electron chi connectivity index (χ1n) is 10.9. The van der Waals surface area contributed by atoms with Gasteiger partial charge in [0, 0.05) is 35.7 Å². The van der Waals surface area contributed by atoms with Crippen LogP contribution in [-0.2, 0) is 0 Å². The molecule has 2 heterocycles. The van der Waals surface area contributed by atoms with Gasteiger partial charge in [0.25, 0.3) is 5.91 Å². The molecule has 0 atom stereocenters. The topological polar surface area (TPSA) is 87.7 Å². The molecule has 1 aliphatic heterocycles. The van der Waals surface area contributed by atoms with Gasteiger partial charge in [0.1, 0.15) is 12.4 Å². The number of carbonyl (C=O) groups is 1. The minimum absolute atomic E-state index is 0.0300. The number of aromatic nitrogens is 2. The van der Waals surface area contributed by atoms with Crippen molar-refractivity contribution in [3.63, 3.8) is 0 Å². The first-order chi connectivity index (χ1) is 15.5. The monoisotopic (exact) mass is 435 g/mol. The third kappa shape index (κ3) is 4.34. The number of likely N-dealkylation sites (tertiary alicyclic amines) is 1. The molecule has 0 spiro atoms. The second kappa shape index (κ2) is 9.44. The molecule has 32 heavy (non-hydrogen) atoms. The molecule has 1 aliphatic rings. The van der Waals surface area contributed by atoms with E-state index >= 15 is 0 Å². The normalized spacial score (nSPS) is 13.7. The molecular weight excluding hydrogens is 406 g/mol. The number of nitrogens with zero attached hydrogens (tertiary/aromatic N) is 2. The highest BCUT2D eigenvalue weighted by atomic mass is 16.5. The molecule has 1 amide bonds. The zero-order valence-electron chi connectivity index (χ0n) is 18.7. The van der Waals surface area contributed by atoms with Gasteiger partial charge in [0.05, 0.1) is 18.9 Å². The SMILES string of the molecule is CCOc1ccc(C2CN(C(=O)c3ccc(C)c(-c4[nH]nc(OCCO)c4C)c3)C2)cc1. The number of hydrogen-bond acceptors (Lipinski definition) is 5. The van der Waals surface area contributed by atoms with Crippen molar-refractivity contribution < 1.29 is 19.4 Å². The number of hydrogen-bond donors (Lipinski definition) is 2. The molecule has 4 rings (SSSR count). The molecule has 0 saturated carbocycles. The van der Waals surface area contributed by atoms with Crippen molar-refractivity contribution in [1.29, 1.82) is 0 Å². The Balaban J connectivity index is 1.46. The van der Waals surface area contributed by atoms with Crippen LogP contribution in [0.5, 0.6) is 11.6 Å². The van der Waals surface area contributed by atoms with E-state index in [0.717, 1.165) is 28.1 Å². The Labute approximate surface area is 188 Å². The summed E-state index contributed by atoms with van der Waals surface area (Å²) in [5.74, 6) is 1.71. The van der Waals surface area contributed by atoms with Gasteiger partial charge >= 0.3 is 0 Å². The second-order valence-electron chi connectivity index (χ2n) is 8.04. The van der Waals surface area contributed by atoms with Crippen molar-refractivity contribution in [3.8, 4) is 22.9 Å². The molecule has 7 heteroatoms. The smallest absolute Gasteiger partial charge is 0.253 e. The minimum atomic E-state index is -0.0713. The zero-order chi connectivity index (χ0) is 22.7. The number of rotatable bonds is 8. The molecule has 7 nitrogen and oxygen atoms in total. The van der Waals surface area contributed by atoms with Gasteiger partial charge in [-0.15, -0.1) is 5.10 Å². The third-order valence-electron chi connectivity index (χ3n) is 5.88. The van der Waals surface area contributed by atoms with Gasteiger partial charge in [-0.3, -0.25) is 9.89 Å². The molecule has 1 saturated heterocycles. The van der Waals surface area contributed by atoms with E-state index in [1.165, 1.54) is 5.56 Å². The quantitative estimate of drug-likeness (QED) is 0.563. The van der Waals surface area contributed by atoms with E-state index in [2.05, 4.69) is 22.3 Å². The highest BCUT2D eigenvalue weighted by molar-refractivity contribution is 5.96. The van der Waals surface area contributed by atoms with Crippen LogP contribution in [0.4, 0.5) is 0 Å². The van der Waals surface area contributed by atoms with Crippen molar-refractivity contribution in [2.45, 2.75) is 26.7 Å². The Morgan fingerprint density at radius 2 is 1.91 bits per heavy atom. The van der Waals surface area contributed by atoms with Gasteiger partial charge in [0.15, 0.2) is 0 Å². The maximum Gasteiger partial charge on any atom is 0.253 e. The van der Waals surface area contributed by atoms with Crippen molar-refractivity contribution in [1.82, 2.24) is 15.1 Å². The maximum absolute atomic E-state index is 13.1. The molecule has 0 unspecified atom stereocenters. The van der Waals surface area contributed by atoms with Crippen LogP contribution >= 0.6 is 0 Å². The number of carbonyl (C=O) groups excluding carboxylic acids is 1. The predicted molar refractivity (Wildman–Crippen MR) is 122 cm³/mol. The summed E-state index contributed by atoms with van der Waals surface area (Å²) in [6, 6.07) is 13.9. The van der Waals surface area contributed by atoms with Gasteiger partial charge in [-0.25, -0.2) is 0 Å². The van der Waals surface area contributed by atoms with Gasteiger partial charge in [-0.2, -0.15) is 0 Å². The van der Waals surface area contributed by atoms with Crippen LogP contribution in [0.2, 0.25) is 0 Å².